The van der Waals surface area contributed by atoms with Crippen LogP contribution in [0.15, 0.2) is 16.3 Å². The summed E-state index contributed by atoms with van der Waals surface area (Å²) in [4.78, 5) is 2.34. The molecular formula is C12H17ClN2O3S2. The van der Waals surface area contributed by atoms with E-state index in [2.05, 4.69) is 11.8 Å². The lowest BCUT2D eigenvalue weighted by Crippen LogP contribution is -2.61. The molecule has 0 aliphatic carbocycles. The minimum atomic E-state index is -3.42. The van der Waals surface area contributed by atoms with Crippen LogP contribution in [0, 0.1) is 0 Å². The number of thiophene rings is 1. The Morgan fingerprint density at radius 3 is 2.85 bits per heavy atom. The third kappa shape index (κ3) is 2.63. The molecular weight excluding hydrogens is 320 g/mol. The summed E-state index contributed by atoms with van der Waals surface area (Å²) in [6.07, 6.45) is 0. The Hall–Kier alpha value is -0.180. The van der Waals surface area contributed by atoms with Crippen molar-refractivity contribution in [3.63, 3.8) is 0 Å². The number of halogens is 1. The van der Waals surface area contributed by atoms with E-state index in [1.165, 1.54) is 0 Å². The van der Waals surface area contributed by atoms with Gasteiger partial charge in [-0.15, -0.1) is 11.3 Å². The zero-order valence-electron chi connectivity index (χ0n) is 11.2. The summed E-state index contributed by atoms with van der Waals surface area (Å²) in [6.45, 7) is 5.22. The van der Waals surface area contributed by atoms with E-state index < -0.39 is 10.0 Å². The van der Waals surface area contributed by atoms with Crippen molar-refractivity contribution in [1.29, 1.82) is 0 Å². The Balaban J connectivity index is 1.79. The monoisotopic (exact) mass is 336 g/mol. The fourth-order valence-electron chi connectivity index (χ4n) is 2.82. The van der Waals surface area contributed by atoms with Crippen molar-refractivity contribution in [1.82, 2.24) is 9.21 Å². The Morgan fingerprint density at radius 1 is 1.35 bits per heavy atom. The molecule has 2 fully saturated rings. The molecule has 0 bridgehead atoms. The van der Waals surface area contributed by atoms with Crippen molar-refractivity contribution in [2.75, 3.05) is 32.8 Å². The SMILES string of the molecule is C[C@H]1COC[C@H]2CN(S(=O)(=O)c3ccc(Cl)s3)CCN21. The lowest BCUT2D eigenvalue weighted by atomic mass is 10.1. The number of hydrogen-bond donors (Lipinski definition) is 0. The van der Waals surface area contributed by atoms with Crippen LogP contribution in [0.4, 0.5) is 0 Å². The lowest BCUT2D eigenvalue weighted by molar-refractivity contribution is -0.0634. The summed E-state index contributed by atoms with van der Waals surface area (Å²) in [6, 6.07) is 3.71. The van der Waals surface area contributed by atoms with Crippen LogP contribution < -0.4 is 0 Å². The minimum Gasteiger partial charge on any atom is -0.378 e. The molecule has 20 heavy (non-hydrogen) atoms. The van der Waals surface area contributed by atoms with Gasteiger partial charge in [-0.25, -0.2) is 8.42 Å². The van der Waals surface area contributed by atoms with Crippen molar-refractivity contribution in [3.8, 4) is 0 Å². The zero-order chi connectivity index (χ0) is 14.3. The average molecular weight is 337 g/mol. The van der Waals surface area contributed by atoms with Crippen LogP contribution in [-0.2, 0) is 14.8 Å². The fraction of sp³-hybridized carbons (Fsp3) is 0.667. The summed E-state index contributed by atoms with van der Waals surface area (Å²) >= 11 is 6.95. The molecule has 2 atom stereocenters. The summed E-state index contributed by atoms with van der Waals surface area (Å²) in [5.74, 6) is 0. The van der Waals surface area contributed by atoms with Gasteiger partial charge in [-0.2, -0.15) is 4.31 Å². The Morgan fingerprint density at radius 2 is 2.15 bits per heavy atom. The van der Waals surface area contributed by atoms with Crippen LogP contribution in [0.3, 0.4) is 0 Å². The van der Waals surface area contributed by atoms with Gasteiger partial charge in [0, 0.05) is 31.7 Å². The number of piperazine rings is 1. The van der Waals surface area contributed by atoms with Gasteiger partial charge in [0.2, 0.25) is 0 Å². The van der Waals surface area contributed by atoms with Gasteiger partial charge < -0.3 is 4.74 Å². The highest BCUT2D eigenvalue weighted by atomic mass is 35.5. The van der Waals surface area contributed by atoms with Crippen molar-refractivity contribution in [3.05, 3.63) is 16.5 Å². The standard InChI is InChI=1S/C12H17ClN2O3S2/c1-9-7-18-8-10-6-14(4-5-15(9)10)20(16,17)12-3-2-11(13)19-12/h2-3,9-10H,4-8H2,1H3/t9-,10+/m0/s1. The highest BCUT2D eigenvalue weighted by molar-refractivity contribution is 7.91. The Labute approximate surface area is 128 Å². The first-order valence-corrected chi connectivity index (χ1v) is 9.21. The molecule has 0 radical (unpaired) electrons. The third-order valence-electron chi connectivity index (χ3n) is 3.87. The predicted octanol–water partition coefficient (Wildman–Crippen LogP) is 1.50. The van der Waals surface area contributed by atoms with Crippen molar-refractivity contribution < 1.29 is 13.2 Å². The third-order valence-corrected chi connectivity index (χ3v) is 7.43. The fourth-order valence-corrected chi connectivity index (χ4v) is 5.93. The molecule has 0 saturated carbocycles. The minimum absolute atomic E-state index is 0.151. The molecule has 3 heterocycles. The molecule has 1 aromatic rings. The van der Waals surface area contributed by atoms with Gasteiger partial charge in [0.15, 0.2) is 0 Å². The number of hydrogen-bond acceptors (Lipinski definition) is 5. The molecule has 5 nitrogen and oxygen atoms in total. The quantitative estimate of drug-likeness (QED) is 0.821. The van der Waals surface area contributed by atoms with Gasteiger partial charge in [0.05, 0.1) is 17.6 Å². The number of ether oxygens (including phenoxy) is 1. The molecule has 2 saturated heterocycles. The van der Waals surface area contributed by atoms with E-state index in [1.54, 1.807) is 16.4 Å². The predicted molar refractivity (Wildman–Crippen MR) is 78.9 cm³/mol. The number of fused-ring (bicyclic) bond motifs is 1. The lowest BCUT2D eigenvalue weighted by Gasteiger charge is -2.46. The Kier molecular flexibility index (Phi) is 4.09. The summed E-state index contributed by atoms with van der Waals surface area (Å²) in [5.41, 5.74) is 0. The maximum absolute atomic E-state index is 12.6. The molecule has 1 aromatic heterocycles. The van der Waals surface area contributed by atoms with Crippen LogP contribution in [0.2, 0.25) is 4.34 Å². The number of nitrogens with zero attached hydrogens (tertiary/aromatic N) is 2. The van der Waals surface area contributed by atoms with Crippen molar-refractivity contribution in [2.45, 2.75) is 23.2 Å². The van der Waals surface area contributed by atoms with Gasteiger partial charge >= 0.3 is 0 Å². The summed E-state index contributed by atoms with van der Waals surface area (Å²) < 4.78 is 33.1. The van der Waals surface area contributed by atoms with E-state index in [4.69, 9.17) is 16.3 Å². The molecule has 8 heteroatoms. The highest BCUT2D eigenvalue weighted by Crippen LogP contribution is 2.30. The van der Waals surface area contributed by atoms with Crippen LogP contribution in [0.5, 0.6) is 0 Å². The topological polar surface area (TPSA) is 49.9 Å². The molecule has 0 spiro atoms. The maximum Gasteiger partial charge on any atom is 0.252 e. The number of sulfonamides is 1. The van der Waals surface area contributed by atoms with Crippen LogP contribution in [-0.4, -0.2) is 62.6 Å². The zero-order valence-corrected chi connectivity index (χ0v) is 13.5. The van der Waals surface area contributed by atoms with Crippen molar-refractivity contribution in [2.24, 2.45) is 0 Å². The van der Waals surface area contributed by atoms with Gasteiger partial charge in [-0.1, -0.05) is 11.6 Å². The molecule has 2 aliphatic rings. The average Bonchev–Trinajstić information content (AvgIpc) is 2.86. The Bertz CT molecular complexity index is 589. The summed E-state index contributed by atoms with van der Waals surface area (Å²) in [7, 11) is -3.42. The molecule has 0 N–H and O–H groups in total. The number of rotatable bonds is 2. The first-order valence-electron chi connectivity index (χ1n) is 6.57. The first kappa shape index (κ1) is 14.7. The van der Waals surface area contributed by atoms with Crippen LogP contribution in [0.25, 0.3) is 0 Å². The smallest absolute Gasteiger partial charge is 0.252 e. The van der Waals surface area contributed by atoms with Gasteiger partial charge in [-0.3, -0.25) is 4.90 Å². The molecule has 0 amide bonds. The highest BCUT2D eigenvalue weighted by Gasteiger charge is 2.38. The number of morpholine rings is 1. The van der Waals surface area contributed by atoms with Gasteiger partial charge in [0.1, 0.15) is 4.21 Å². The maximum atomic E-state index is 12.6. The van der Waals surface area contributed by atoms with E-state index in [-0.39, 0.29) is 6.04 Å². The molecule has 0 unspecified atom stereocenters. The van der Waals surface area contributed by atoms with E-state index in [0.717, 1.165) is 24.5 Å². The van der Waals surface area contributed by atoms with Crippen LogP contribution in [0.1, 0.15) is 6.92 Å². The second-order valence-corrected chi connectivity index (χ2v) is 9.08. The molecule has 112 valence electrons. The van der Waals surface area contributed by atoms with E-state index in [9.17, 15) is 8.42 Å². The largest absolute Gasteiger partial charge is 0.378 e. The van der Waals surface area contributed by atoms with E-state index in [1.807, 2.05) is 0 Å². The molecule has 2 aliphatic heterocycles. The summed E-state index contributed by atoms with van der Waals surface area (Å²) in [5, 5.41) is 0. The second-order valence-electron chi connectivity index (χ2n) is 5.20. The molecule has 0 aromatic carbocycles. The van der Waals surface area contributed by atoms with E-state index in [0.29, 0.717) is 34.3 Å². The first-order chi connectivity index (χ1) is 9.48. The van der Waals surface area contributed by atoms with Crippen LogP contribution >= 0.6 is 22.9 Å². The van der Waals surface area contributed by atoms with Gasteiger partial charge in [-0.05, 0) is 19.1 Å². The molecule has 3 rings (SSSR count). The van der Waals surface area contributed by atoms with Crippen molar-refractivity contribution >= 4 is 33.0 Å². The normalized spacial score (nSPS) is 29.3. The van der Waals surface area contributed by atoms with E-state index >= 15 is 0 Å². The second kappa shape index (κ2) is 5.55. The van der Waals surface area contributed by atoms with Gasteiger partial charge in [0.25, 0.3) is 10.0 Å².